The first-order valence-electron chi connectivity index (χ1n) is 22.9. The Morgan fingerprint density at radius 2 is 0.769 bits per heavy atom. The number of rotatable bonds is 42. The molecule has 5 nitrogen and oxygen atoms in total. The highest BCUT2D eigenvalue weighted by atomic mass is 16.6. The van der Waals surface area contributed by atoms with Crippen LogP contribution in [0.15, 0.2) is 24.3 Å². The van der Waals surface area contributed by atoms with E-state index in [0.29, 0.717) is 19.4 Å². The molecule has 0 radical (unpaired) electrons. The highest BCUT2D eigenvalue weighted by molar-refractivity contribution is 5.70. The van der Waals surface area contributed by atoms with Crippen molar-refractivity contribution in [3.63, 3.8) is 0 Å². The van der Waals surface area contributed by atoms with E-state index >= 15 is 0 Å². The predicted octanol–water partition coefficient (Wildman–Crippen LogP) is 14.9. The summed E-state index contributed by atoms with van der Waals surface area (Å²) < 4.78 is 17.3. The number of ether oxygens (including phenoxy) is 3. The van der Waals surface area contributed by atoms with Gasteiger partial charge in [-0.15, -0.1) is 0 Å². The minimum Gasteiger partial charge on any atom is -0.462 e. The van der Waals surface area contributed by atoms with Gasteiger partial charge in [0, 0.05) is 19.4 Å². The summed E-state index contributed by atoms with van der Waals surface area (Å²) in [7, 11) is 0. The average Bonchev–Trinajstić information content (AvgIpc) is 3.14. The summed E-state index contributed by atoms with van der Waals surface area (Å²) in [6.07, 6.45) is 48.9. The molecule has 0 spiro atoms. The molecule has 0 saturated heterocycles. The van der Waals surface area contributed by atoms with Gasteiger partial charge in [-0.05, 0) is 57.8 Å². The molecule has 0 rings (SSSR count). The minimum atomic E-state index is -0.534. The highest BCUT2D eigenvalue weighted by Crippen LogP contribution is 2.14. The molecule has 0 N–H and O–H groups in total. The Hall–Kier alpha value is -1.62. The molecule has 0 saturated carbocycles. The van der Waals surface area contributed by atoms with E-state index in [1.165, 1.54) is 148 Å². The van der Waals surface area contributed by atoms with Gasteiger partial charge in [-0.1, -0.05) is 193 Å². The largest absolute Gasteiger partial charge is 0.462 e. The molecule has 52 heavy (non-hydrogen) atoms. The molecule has 0 bridgehead atoms. The van der Waals surface area contributed by atoms with Crippen LogP contribution in [-0.2, 0) is 23.8 Å². The van der Waals surface area contributed by atoms with E-state index in [9.17, 15) is 9.59 Å². The molecule has 0 aliphatic heterocycles. The first kappa shape index (κ1) is 50.4. The molecular formula is C47H88O5. The van der Waals surface area contributed by atoms with Crippen LogP contribution in [0.25, 0.3) is 0 Å². The van der Waals surface area contributed by atoms with Crippen molar-refractivity contribution in [1.29, 1.82) is 0 Å². The number of carbonyl (C=O) groups is 2. The lowest BCUT2D eigenvalue weighted by Gasteiger charge is -2.18. The third kappa shape index (κ3) is 41.1. The van der Waals surface area contributed by atoms with Gasteiger partial charge < -0.3 is 14.2 Å². The standard InChI is InChI=1S/C47H88O5/c1-4-7-10-13-16-19-22-23-24-27-30-33-36-39-42-50-43-45(52-47(49)41-38-35-32-29-26-21-18-15-12-9-6-3)44-51-46(48)40-37-34-31-28-25-20-17-14-11-8-5-2/h14-15,17-18,45H,4-13,16,19-44H2,1-3H3/b17-14-,18-15-. The van der Waals surface area contributed by atoms with Gasteiger partial charge in [-0.25, -0.2) is 0 Å². The van der Waals surface area contributed by atoms with E-state index < -0.39 is 6.10 Å². The zero-order valence-electron chi connectivity index (χ0n) is 35.1. The fraction of sp³-hybridized carbons (Fsp3) is 0.872. The smallest absolute Gasteiger partial charge is 0.306 e. The quantitative estimate of drug-likeness (QED) is 0.0355. The van der Waals surface area contributed by atoms with Crippen molar-refractivity contribution in [2.75, 3.05) is 19.8 Å². The summed E-state index contributed by atoms with van der Waals surface area (Å²) >= 11 is 0. The second-order valence-corrected chi connectivity index (χ2v) is 15.3. The Balaban J connectivity index is 4.23. The number of esters is 2. The summed E-state index contributed by atoms with van der Waals surface area (Å²) in [5.74, 6) is -0.410. The maximum atomic E-state index is 12.7. The number of allylic oxidation sites excluding steroid dienone is 4. The third-order valence-corrected chi connectivity index (χ3v) is 9.96. The molecule has 0 aromatic carbocycles. The van der Waals surface area contributed by atoms with Gasteiger partial charge >= 0.3 is 11.9 Å². The Bertz CT molecular complexity index is 791. The second kappa shape index (κ2) is 43.8. The van der Waals surface area contributed by atoms with Crippen molar-refractivity contribution in [2.24, 2.45) is 0 Å². The molecule has 0 fully saturated rings. The minimum absolute atomic E-state index is 0.0828. The maximum absolute atomic E-state index is 12.7. The van der Waals surface area contributed by atoms with Crippen LogP contribution < -0.4 is 0 Å². The third-order valence-electron chi connectivity index (χ3n) is 9.96. The number of carbonyl (C=O) groups excluding carboxylic acids is 2. The van der Waals surface area contributed by atoms with Crippen LogP contribution in [0.2, 0.25) is 0 Å². The van der Waals surface area contributed by atoms with E-state index in [-0.39, 0.29) is 25.2 Å². The van der Waals surface area contributed by atoms with E-state index in [1.54, 1.807) is 0 Å². The van der Waals surface area contributed by atoms with Gasteiger partial charge in [0.2, 0.25) is 0 Å². The molecular weight excluding hydrogens is 645 g/mol. The van der Waals surface area contributed by atoms with Crippen LogP contribution >= 0.6 is 0 Å². The van der Waals surface area contributed by atoms with Crippen molar-refractivity contribution < 1.29 is 23.8 Å². The van der Waals surface area contributed by atoms with Gasteiger partial charge in [0.05, 0.1) is 6.61 Å². The zero-order chi connectivity index (χ0) is 37.8. The number of unbranched alkanes of at least 4 members (excludes halogenated alkanes) is 27. The van der Waals surface area contributed by atoms with E-state index in [0.717, 1.165) is 57.8 Å². The van der Waals surface area contributed by atoms with Crippen LogP contribution in [0.4, 0.5) is 0 Å². The number of hydrogen-bond acceptors (Lipinski definition) is 5. The Morgan fingerprint density at radius 3 is 1.23 bits per heavy atom. The van der Waals surface area contributed by atoms with Crippen LogP contribution in [0.1, 0.15) is 239 Å². The van der Waals surface area contributed by atoms with Crippen molar-refractivity contribution in [3.8, 4) is 0 Å². The normalized spacial score (nSPS) is 12.3. The lowest BCUT2D eigenvalue weighted by molar-refractivity contribution is -0.163. The monoisotopic (exact) mass is 733 g/mol. The number of hydrogen-bond donors (Lipinski definition) is 0. The van der Waals surface area contributed by atoms with E-state index in [1.807, 2.05) is 0 Å². The van der Waals surface area contributed by atoms with Gasteiger partial charge in [-0.2, -0.15) is 0 Å². The SMILES string of the molecule is CCCC/C=C\CCCCCCCC(=O)OCC(COCCCCCCCCCCCCCCCC)OC(=O)CCCCCCC/C=C\CCCC. The molecule has 0 aromatic rings. The summed E-state index contributed by atoms with van der Waals surface area (Å²) in [5, 5.41) is 0. The zero-order valence-corrected chi connectivity index (χ0v) is 35.1. The Kier molecular flexibility index (Phi) is 42.4. The van der Waals surface area contributed by atoms with Gasteiger partial charge in [-0.3, -0.25) is 9.59 Å². The second-order valence-electron chi connectivity index (χ2n) is 15.3. The van der Waals surface area contributed by atoms with E-state index in [4.69, 9.17) is 14.2 Å². The van der Waals surface area contributed by atoms with Crippen molar-refractivity contribution >= 4 is 11.9 Å². The van der Waals surface area contributed by atoms with Crippen LogP contribution in [0.3, 0.4) is 0 Å². The van der Waals surface area contributed by atoms with Crippen molar-refractivity contribution in [2.45, 2.75) is 245 Å². The van der Waals surface area contributed by atoms with Crippen LogP contribution in [0, 0.1) is 0 Å². The molecule has 0 amide bonds. The van der Waals surface area contributed by atoms with Gasteiger partial charge in [0.15, 0.2) is 6.10 Å². The molecule has 1 unspecified atom stereocenters. The average molecular weight is 733 g/mol. The summed E-state index contributed by atoms with van der Waals surface area (Å²) in [4.78, 5) is 25.2. The topological polar surface area (TPSA) is 61.8 Å². The molecule has 0 aliphatic rings. The van der Waals surface area contributed by atoms with Crippen molar-refractivity contribution in [3.05, 3.63) is 24.3 Å². The van der Waals surface area contributed by atoms with Crippen LogP contribution in [-0.4, -0.2) is 37.9 Å². The molecule has 0 heterocycles. The Morgan fingerprint density at radius 1 is 0.404 bits per heavy atom. The lowest BCUT2D eigenvalue weighted by Crippen LogP contribution is -2.30. The first-order chi connectivity index (χ1) is 25.6. The molecule has 5 heteroatoms. The predicted molar refractivity (Wildman–Crippen MR) is 224 cm³/mol. The maximum Gasteiger partial charge on any atom is 0.306 e. The van der Waals surface area contributed by atoms with E-state index in [2.05, 4.69) is 45.1 Å². The fourth-order valence-electron chi connectivity index (χ4n) is 6.47. The molecule has 306 valence electrons. The van der Waals surface area contributed by atoms with Crippen LogP contribution in [0.5, 0.6) is 0 Å². The summed E-state index contributed by atoms with van der Waals surface area (Å²) in [5.41, 5.74) is 0. The lowest BCUT2D eigenvalue weighted by atomic mass is 10.0. The van der Waals surface area contributed by atoms with Gasteiger partial charge in [0.1, 0.15) is 6.61 Å². The molecule has 0 aliphatic carbocycles. The fourth-order valence-corrected chi connectivity index (χ4v) is 6.47. The highest BCUT2D eigenvalue weighted by Gasteiger charge is 2.17. The molecule has 0 aromatic heterocycles. The van der Waals surface area contributed by atoms with Crippen molar-refractivity contribution in [1.82, 2.24) is 0 Å². The molecule has 1 atom stereocenters. The summed E-state index contributed by atoms with van der Waals surface area (Å²) in [6, 6.07) is 0. The van der Waals surface area contributed by atoms with Gasteiger partial charge in [0.25, 0.3) is 0 Å². The first-order valence-corrected chi connectivity index (χ1v) is 22.9. The Labute approximate surface area is 324 Å². The summed E-state index contributed by atoms with van der Waals surface area (Å²) in [6.45, 7) is 7.77.